The molecule has 0 amide bonds. The number of rotatable bonds is 17. The lowest BCUT2D eigenvalue weighted by atomic mass is 9.72. The first-order valence-electron chi connectivity index (χ1n) is 36.8. The molecule has 104 heavy (non-hydrogen) atoms. The van der Waals surface area contributed by atoms with Crippen molar-refractivity contribution in [3.63, 3.8) is 0 Å². The number of thiophene rings is 4. The highest BCUT2D eigenvalue weighted by atomic mass is 35.5. The molecule has 4 N–H and O–H groups in total. The van der Waals surface area contributed by atoms with E-state index in [0.717, 1.165) is 140 Å². The number of hydrogen-bond acceptors (Lipinski definition) is 13. The standard InChI is InChI=1S/C24H30O3S.C22H34O3S.C20H23ClO4S.C20H30O3S/c1-15-20(19-14-10-9-13-18(19)17-11-7-6-8-12-17)21(16(2)28-15)22(23(25)26)27-24(3,4)5;1-13-17(15-9-11-16(12-10-15)21(3,4)5)18(14(2)26-13)19(20(23)24)25-22(6,7)8;1-11-15(17(19(22)23)25-20(2,3)4)16(18(21)26-11)13-7-8-14-12(10-13)6-5-9-24-14;1-11-8-12(2)10-15(9-11)16-13(3)24-14(4)17(16)18(19(21)22)23-20(5,6)7/h6-8,11-12,22H,9-10,13-14H2,1-5H3,(H,25,26);9,16,19H,10-12H2,1-8H3,(H,23,24);7-8,10,17H,5-6,9H2,1-4H3,(H,22,23);9,11-12,18H,8,10H2,1-7H3,(H,21,22). The highest BCUT2D eigenvalue weighted by Gasteiger charge is 2.39. The maximum atomic E-state index is 12.2. The number of benzene rings is 2. The molecule has 4 aliphatic rings. The average molecular weight is 1520 g/mol. The second-order valence-electron chi connectivity index (χ2n) is 33.6. The lowest BCUT2D eigenvalue weighted by molar-refractivity contribution is -0.161. The van der Waals surface area contributed by atoms with Crippen molar-refractivity contribution in [2.45, 2.75) is 284 Å². The van der Waals surface area contributed by atoms with Crippen LogP contribution in [0.5, 0.6) is 5.75 Å². The predicted octanol–water partition coefficient (Wildman–Crippen LogP) is 24.7. The normalized spacial score (nSPS) is 18.5. The molecular formula is C86H117ClO13S4. The van der Waals surface area contributed by atoms with Crippen molar-refractivity contribution in [3.8, 4) is 16.9 Å². The Kier molecular flexibility index (Phi) is 28.9. The third-order valence-electron chi connectivity index (χ3n) is 19.0. The number of aryl methyl sites for hydroxylation is 8. The highest BCUT2D eigenvalue weighted by Crippen LogP contribution is 2.51. The van der Waals surface area contributed by atoms with Gasteiger partial charge in [-0.25, -0.2) is 19.2 Å². The minimum absolute atomic E-state index is 0.309. The Labute approximate surface area is 641 Å². The van der Waals surface area contributed by atoms with E-state index in [1.165, 1.54) is 66.7 Å². The van der Waals surface area contributed by atoms with Gasteiger partial charge in [-0.3, -0.25) is 0 Å². The van der Waals surface area contributed by atoms with E-state index < -0.39 is 70.7 Å². The molecule has 0 spiro atoms. The number of ether oxygens (including phenoxy) is 5. The Morgan fingerprint density at radius 2 is 0.913 bits per heavy atom. The van der Waals surface area contributed by atoms with Gasteiger partial charge in [0.15, 0.2) is 24.4 Å². The van der Waals surface area contributed by atoms with Crippen molar-refractivity contribution in [2.24, 2.45) is 23.2 Å². The number of aliphatic carboxylic acids is 4. The van der Waals surface area contributed by atoms with Crippen LogP contribution in [-0.2, 0) is 44.5 Å². The zero-order chi connectivity index (χ0) is 77.6. The van der Waals surface area contributed by atoms with E-state index in [1.54, 1.807) is 34.0 Å². The van der Waals surface area contributed by atoms with Crippen molar-refractivity contribution in [1.82, 2.24) is 0 Å². The van der Waals surface area contributed by atoms with Gasteiger partial charge in [0.25, 0.3) is 0 Å². The third-order valence-corrected chi connectivity index (χ3v) is 23.5. The number of fused-ring (bicyclic) bond motifs is 1. The van der Waals surface area contributed by atoms with E-state index >= 15 is 0 Å². The first-order valence-corrected chi connectivity index (χ1v) is 40.5. The zero-order valence-corrected chi connectivity index (χ0v) is 70.3. The van der Waals surface area contributed by atoms with Gasteiger partial charge in [0.1, 0.15) is 10.1 Å². The molecule has 10 rings (SSSR count). The maximum absolute atomic E-state index is 12.2. The van der Waals surface area contributed by atoms with E-state index in [2.05, 4.69) is 97.9 Å². The molecule has 0 bridgehead atoms. The number of carboxylic acids is 4. The third kappa shape index (κ3) is 22.5. The first kappa shape index (κ1) is 85.5. The van der Waals surface area contributed by atoms with E-state index in [1.807, 2.05) is 129 Å². The van der Waals surface area contributed by atoms with Gasteiger partial charge >= 0.3 is 23.9 Å². The Hall–Kier alpha value is -5.73. The summed E-state index contributed by atoms with van der Waals surface area (Å²) in [5.74, 6) is -1.03. The SMILES string of the molecule is Cc1sc(C)c(C(OC(C)(C)C)C(=O)O)c1C1=C(c2ccccc2)CCCC1.Cc1sc(C)c(C(OC(C)(C)C)C(=O)O)c1C1=CC(C)CC(C)C1.Cc1sc(C)c(C(OC(C)(C)C)C(=O)O)c1C1=CCC(C(C)(C)C)CC1.Cc1sc(Cl)c(-c2ccc3c(c2)CCCO3)c1C(OC(C)(C)C)C(=O)O. The van der Waals surface area contributed by atoms with Crippen LogP contribution in [0.3, 0.4) is 0 Å². The van der Waals surface area contributed by atoms with Gasteiger partial charge in [-0.2, -0.15) is 0 Å². The molecule has 7 atom stereocenters. The molecule has 13 nitrogen and oxygen atoms in total. The van der Waals surface area contributed by atoms with Crippen LogP contribution in [0.2, 0.25) is 4.34 Å². The van der Waals surface area contributed by atoms with Crippen molar-refractivity contribution >= 4 is 103 Å². The summed E-state index contributed by atoms with van der Waals surface area (Å²) in [4.78, 5) is 55.7. The molecule has 0 saturated heterocycles. The summed E-state index contributed by atoms with van der Waals surface area (Å²) in [6.45, 7) is 49.1. The minimum atomic E-state index is -1.07. The molecule has 6 aromatic rings. The van der Waals surface area contributed by atoms with Crippen LogP contribution in [0.15, 0.2) is 60.7 Å². The van der Waals surface area contributed by atoms with Gasteiger partial charge < -0.3 is 44.1 Å². The average Bonchev–Trinajstić information content (AvgIpc) is 1.62. The van der Waals surface area contributed by atoms with Gasteiger partial charge in [0.2, 0.25) is 0 Å². The summed E-state index contributed by atoms with van der Waals surface area (Å²) in [5.41, 5.74) is 14.0. The molecule has 0 fully saturated rings. The number of hydrogen-bond donors (Lipinski definition) is 4. The Morgan fingerprint density at radius 3 is 1.34 bits per heavy atom. The summed E-state index contributed by atoms with van der Waals surface area (Å²) in [6.07, 6.45) is 12.5. The first-order chi connectivity index (χ1) is 48.2. The molecule has 0 radical (unpaired) electrons. The zero-order valence-electron chi connectivity index (χ0n) is 66.3. The summed E-state index contributed by atoms with van der Waals surface area (Å²) >= 11 is 13.0. The van der Waals surface area contributed by atoms with Crippen molar-refractivity contribution in [2.75, 3.05) is 6.61 Å². The van der Waals surface area contributed by atoms with Gasteiger partial charge in [-0.15, -0.1) is 45.3 Å². The van der Waals surface area contributed by atoms with Crippen LogP contribution < -0.4 is 4.74 Å². The molecule has 18 heteroatoms. The van der Waals surface area contributed by atoms with Gasteiger partial charge in [0.05, 0.1) is 29.0 Å². The quantitative estimate of drug-likeness (QED) is 0.0674. The largest absolute Gasteiger partial charge is 0.493 e. The van der Waals surface area contributed by atoms with Gasteiger partial charge in [0, 0.05) is 62.0 Å². The molecule has 3 aliphatic carbocycles. The van der Waals surface area contributed by atoms with E-state index in [4.69, 9.17) is 35.3 Å². The Balaban J connectivity index is 0.000000194. The summed E-state index contributed by atoms with van der Waals surface area (Å²) in [7, 11) is 0. The van der Waals surface area contributed by atoms with E-state index in [9.17, 15) is 39.6 Å². The number of carboxylic acid groups (broad SMARTS) is 4. The Bertz CT molecular complexity index is 4120. The lowest BCUT2D eigenvalue weighted by Gasteiger charge is -2.34. The second-order valence-corrected chi connectivity index (χ2v) is 39.7. The summed E-state index contributed by atoms with van der Waals surface area (Å²) in [5, 5.41) is 39.5. The van der Waals surface area contributed by atoms with Crippen molar-refractivity contribution in [1.29, 1.82) is 0 Å². The van der Waals surface area contributed by atoms with Crippen molar-refractivity contribution < 1.29 is 63.3 Å². The summed E-state index contributed by atoms with van der Waals surface area (Å²) in [6, 6.07) is 16.4. The molecular weight excluding hydrogens is 1400 g/mol. The molecule has 570 valence electrons. The fourth-order valence-electron chi connectivity index (χ4n) is 14.9. The monoisotopic (exact) mass is 1520 g/mol. The number of halogens is 1. The maximum Gasteiger partial charge on any atom is 0.337 e. The fourth-order valence-corrected chi connectivity index (χ4v) is 19.8. The van der Waals surface area contributed by atoms with Crippen LogP contribution >= 0.6 is 56.9 Å². The molecule has 2 aromatic carbocycles. The van der Waals surface area contributed by atoms with E-state index in [0.29, 0.717) is 33.1 Å². The van der Waals surface area contributed by atoms with Gasteiger partial charge in [-0.1, -0.05) is 94.8 Å². The molecule has 0 saturated carbocycles. The molecule has 4 aromatic heterocycles. The topological polar surface area (TPSA) is 195 Å². The van der Waals surface area contributed by atoms with Crippen LogP contribution in [-0.4, -0.2) is 73.3 Å². The molecule has 7 unspecified atom stereocenters. The molecule has 1 aliphatic heterocycles. The van der Waals surface area contributed by atoms with Gasteiger partial charge in [-0.05, 0) is 293 Å². The van der Waals surface area contributed by atoms with E-state index in [-0.39, 0.29) is 0 Å². The smallest absolute Gasteiger partial charge is 0.337 e. The second kappa shape index (κ2) is 35.1. The van der Waals surface area contributed by atoms with Crippen LogP contribution in [0, 0.1) is 71.6 Å². The van der Waals surface area contributed by atoms with Crippen molar-refractivity contribution in [3.05, 3.63) is 149 Å². The Morgan fingerprint density at radius 1 is 0.490 bits per heavy atom. The predicted molar refractivity (Wildman–Crippen MR) is 432 cm³/mol. The summed E-state index contributed by atoms with van der Waals surface area (Å²) < 4.78 is 30.1. The molecule has 5 heterocycles. The van der Waals surface area contributed by atoms with Crippen LogP contribution in [0.25, 0.3) is 33.4 Å². The minimum Gasteiger partial charge on any atom is -0.493 e. The number of carbonyl (C=O) groups is 4. The number of allylic oxidation sites excluding steroid dienone is 6. The highest BCUT2D eigenvalue weighted by molar-refractivity contribution is 7.17. The fraction of sp³-hybridized carbons (Fsp3) is 0.558. The van der Waals surface area contributed by atoms with Crippen LogP contribution in [0.4, 0.5) is 0 Å². The van der Waals surface area contributed by atoms with Crippen LogP contribution in [0.1, 0.15) is 291 Å². The lowest BCUT2D eigenvalue weighted by Crippen LogP contribution is -2.28.